The largest absolute Gasteiger partial charge is 1.00 e. The maximum atomic E-state index is 13.4. The fraction of sp³-hybridized carbons (Fsp3) is 0. The maximum Gasteiger partial charge on any atom is 1.00 e. The number of urea groups is 1. The van der Waals surface area contributed by atoms with E-state index in [4.69, 9.17) is 0 Å². The van der Waals surface area contributed by atoms with Crippen LogP contribution in [0.2, 0.25) is 0 Å². The van der Waals surface area contributed by atoms with Crippen molar-refractivity contribution in [3.63, 3.8) is 0 Å². The molecule has 0 spiro atoms. The number of hydrogen-bond acceptors (Lipinski definition) is 29. The fourth-order valence-electron chi connectivity index (χ4n) is 7.95. The molecule has 0 aliphatic heterocycles. The van der Waals surface area contributed by atoms with Gasteiger partial charge in [-0.1, -0.05) is 0 Å². The molecule has 0 bridgehead atoms. The minimum Gasteiger partial charge on any atom is -0.716 e. The molecule has 0 unspecified atom stereocenters. The number of nitrogens with one attached hydrogen (secondary N) is 6. The number of amides is 6. The monoisotopic (exact) mass is 1500 g/mol. The number of carbonyl (C=O) groups excluding carboxylic acids is 5. The van der Waals surface area contributed by atoms with Gasteiger partial charge >= 0.3 is 183 Å². The van der Waals surface area contributed by atoms with E-state index in [2.05, 4.69) is 57.0 Å². The van der Waals surface area contributed by atoms with Crippen molar-refractivity contribution in [1.29, 1.82) is 0 Å². The molecule has 8 aromatic rings. The molecule has 0 radical (unpaired) electrons. The molecule has 0 aliphatic carbocycles. The van der Waals surface area contributed by atoms with Crippen molar-refractivity contribution in [1.82, 2.24) is 0 Å². The van der Waals surface area contributed by atoms with Gasteiger partial charge in [0, 0.05) is 67.9 Å². The Balaban J connectivity index is 0.00000523. The number of carbonyl (C=O) groups is 5. The summed E-state index contributed by atoms with van der Waals surface area (Å²) in [6.07, 6.45) is 0. The zero-order chi connectivity index (χ0) is 65.9. The van der Waals surface area contributed by atoms with Crippen LogP contribution in [0.25, 0.3) is 21.5 Å². The van der Waals surface area contributed by atoms with Gasteiger partial charge in [-0.15, -0.1) is 0 Å². The van der Waals surface area contributed by atoms with Crippen LogP contribution in [0.3, 0.4) is 0 Å². The molecule has 35 nitrogen and oxygen atoms in total. The number of rotatable bonds is 22. The molecular weight excluding hydrogens is 1470 g/mol. The fourth-order valence-corrected chi connectivity index (χ4v) is 10.1. The Bertz CT molecular complexity index is 4690. The Hall–Kier alpha value is -4.31. The van der Waals surface area contributed by atoms with E-state index in [9.17, 15) is 102 Å². The van der Waals surface area contributed by atoms with E-state index < -0.39 is 159 Å². The normalized spacial score (nSPS) is 11.2. The molecule has 6 amide bonds. The molecule has 6 N–H and O–H groups in total. The predicted octanol–water partition coefficient (Wildman–Crippen LogP) is -14.3. The van der Waals surface area contributed by atoms with Gasteiger partial charge in [0.25, 0.3) is 86.0 Å². The Morgan fingerprint density at radius 3 is 0.750 bits per heavy atom. The summed E-state index contributed by atoms with van der Waals surface area (Å²) < 4.78 is 232. The first-order valence-corrected chi connectivity index (χ1v) is 31.7. The quantitative estimate of drug-likeness (QED) is 0.0208. The smallest absolute Gasteiger partial charge is 0.716 e. The van der Waals surface area contributed by atoms with Crippen LogP contribution in [0, 0.1) is 0 Å². The summed E-state index contributed by atoms with van der Waals surface area (Å²) in [4.78, 5) is 65.9. The van der Waals surface area contributed by atoms with Crippen LogP contribution in [-0.4, -0.2) is 107 Å². The third kappa shape index (κ3) is 26.3. The molecule has 0 saturated carbocycles. The van der Waals surface area contributed by atoms with Gasteiger partial charge < -0.3 is 84.3 Å². The molecule has 0 fully saturated rings. The van der Waals surface area contributed by atoms with E-state index in [0.717, 1.165) is 24.3 Å². The van der Waals surface area contributed by atoms with Crippen molar-refractivity contribution in [3.05, 3.63) is 168 Å². The molecular formula is C49H30N6Na6O29S6. The predicted molar refractivity (Wildman–Crippen MR) is 300 cm³/mol. The van der Waals surface area contributed by atoms with Crippen LogP contribution >= 0.6 is 0 Å². The van der Waals surface area contributed by atoms with Crippen molar-refractivity contribution in [2.24, 2.45) is 0 Å². The van der Waals surface area contributed by atoms with Gasteiger partial charge in [-0.3, -0.25) is 19.2 Å². The van der Waals surface area contributed by atoms with Crippen molar-refractivity contribution in [2.75, 3.05) is 31.9 Å². The van der Waals surface area contributed by atoms with Crippen LogP contribution in [0.1, 0.15) is 41.4 Å². The van der Waals surface area contributed by atoms with Gasteiger partial charge in [0.05, 0.1) is 22.1 Å². The minimum atomic E-state index is -5.72. The topological polar surface area (TPSA) is 556 Å². The van der Waals surface area contributed by atoms with Crippen LogP contribution in [0.5, 0.6) is 34.5 Å². The maximum absolute atomic E-state index is 13.4. The second kappa shape index (κ2) is 35.8. The Labute approximate surface area is 676 Å². The number of anilines is 6. The average Bonchev–Trinajstić information content (AvgIpc) is 0.769. The Kier molecular flexibility index (Phi) is 32.8. The minimum absolute atomic E-state index is 0. The first-order chi connectivity index (χ1) is 41.8. The molecule has 0 aliphatic rings. The van der Waals surface area contributed by atoms with Crippen LogP contribution < -0.4 is 234 Å². The van der Waals surface area contributed by atoms with Crippen molar-refractivity contribution in [2.45, 2.75) is 0 Å². The van der Waals surface area contributed by atoms with E-state index in [1.165, 1.54) is 97.1 Å². The van der Waals surface area contributed by atoms with Gasteiger partial charge in [-0.25, -0.2) is 55.3 Å². The Morgan fingerprint density at radius 2 is 0.500 bits per heavy atom. The molecule has 0 aromatic heterocycles. The van der Waals surface area contributed by atoms with Crippen molar-refractivity contribution in [3.8, 4) is 34.5 Å². The molecule has 0 atom stereocenters. The van der Waals surface area contributed by atoms with Crippen LogP contribution in [0.4, 0.5) is 38.9 Å². The first-order valence-electron chi connectivity index (χ1n) is 23.7. The van der Waals surface area contributed by atoms with Gasteiger partial charge in [-0.2, -0.15) is 0 Å². The number of hydrogen-bond donors (Lipinski definition) is 6. The summed E-state index contributed by atoms with van der Waals surface area (Å²) in [5.74, 6) is -9.41. The second-order valence-corrected chi connectivity index (χ2v) is 23.5. The van der Waals surface area contributed by atoms with E-state index >= 15 is 0 Å². The first kappa shape index (κ1) is 87.8. The third-order valence-corrected chi connectivity index (χ3v) is 13.6. The van der Waals surface area contributed by atoms with Gasteiger partial charge in [-0.05, 0) is 133 Å². The van der Waals surface area contributed by atoms with E-state index in [1.807, 2.05) is 0 Å². The van der Waals surface area contributed by atoms with Crippen LogP contribution in [0.15, 0.2) is 146 Å². The summed E-state index contributed by atoms with van der Waals surface area (Å²) in [7, 11) is -33.8. The van der Waals surface area contributed by atoms with E-state index in [-0.39, 0.29) is 222 Å². The second-order valence-electron chi connectivity index (χ2n) is 17.6. The van der Waals surface area contributed by atoms with E-state index in [1.54, 1.807) is 0 Å². The molecule has 472 valence electrons. The standard InChI is InChI=1S/C49H36N6O29S6.6Na/c56-45(50-29-9-1-27(2-10-29)47(58)54-37-17-19-39(81-87(67,68)69)35-21-33(79-85(61,62)63)23-41(43(35)37)83-89(73,74)75)25-5-13-31(14-6-25)52-49(60)53-32-15-7-26(8-16-32)46(57)51-30-11-3-28(4-12-30)48(59)55-38-18-20-40(82-88(70,71)72)36-22-34(80-86(64,65)66)24-42(44(36)38)84-90(76,77)78;;;;;;/h1-24H,(H,50,56)(H,51,57)(H,54,58)(H,55,59)(H2,52,53,60)(H,61,62,63)(H,64,65,66)(H,67,68,69)(H,70,71,72)(H,73,74,75)(H,76,77,78);;;;;;/q;6*+1/p-6. The van der Waals surface area contributed by atoms with Gasteiger partial charge in [0.15, 0.2) is 11.5 Å². The molecule has 8 aromatic carbocycles. The third-order valence-electron chi connectivity index (χ3n) is 11.3. The molecule has 0 saturated heterocycles. The summed E-state index contributed by atoms with van der Waals surface area (Å²) in [6.45, 7) is 0. The molecule has 96 heavy (non-hydrogen) atoms. The molecule has 8 rings (SSSR count). The van der Waals surface area contributed by atoms with Gasteiger partial charge in [0.2, 0.25) is 0 Å². The van der Waals surface area contributed by atoms with E-state index in [0.29, 0.717) is 24.3 Å². The molecule has 47 heteroatoms. The zero-order valence-corrected chi connectivity index (χ0v) is 66.5. The summed E-state index contributed by atoms with van der Waals surface area (Å²) in [5, 5.41) is 12.2. The Morgan fingerprint density at radius 1 is 0.271 bits per heavy atom. The summed E-state index contributed by atoms with van der Waals surface area (Å²) >= 11 is 0. The summed E-state index contributed by atoms with van der Waals surface area (Å²) in [6, 6.07) is 25.5. The number of fused-ring (bicyclic) bond motifs is 2. The van der Waals surface area contributed by atoms with Crippen molar-refractivity contribution < 1.29 is 304 Å². The number of benzene rings is 8. The SMILES string of the molecule is O=C(Nc1ccc(C(=O)Nc2ccc(C(=O)Nc3ccc(OS(=O)(=O)[O-])c4cc(OS(=O)(=O)[O-])cc(OS(=O)(=O)[O-])c34)cc2)cc1)Nc1ccc(C(=O)Nc2ccc(C(=O)Nc3ccc(OS(=O)(=O)[O-])c4cc(OS(=O)(=O)[O-])cc(OS(=O)(=O)[O-])c34)cc2)cc1.[Na+].[Na+].[Na+].[Na+].[Na+].[Na+]. The molecule has 0 heterocycles. The van der Waals surface area contributed by atoms with Crippen LogP contribution in [-0.2, 0) is 62.4 Å². The van der Waals surface area contributed by atoms with Gasteiger partial charge in [0.1, 0.15) is 23.0 Å². The zero-order valence-electron chi connectivity index (χ0n) is 49.6. The summed E-state index contributed by atoms with van der Waals surface area (Å²) in [5.41, 5.74) is -0.268. The van der Waals surface area contributed by atoms with Crippen molar-refractivity contribution >= 4 is 148 Å². The average molecular weight is 1500 g/mol.